The predicted molar refractivity (Wildman–Crippen MR) is 68.3 cm³/mol. The maximum absolute atomic E-state index is 13.9. The molecule has 0 radical (unpaired) electrons. The van der Waals surface area contributed by atoms with Gasteiger partial charge in [-0.05, 0) is 44.4 Å². The second-order valence-corrected chi connectivity index (χ2v) is 5.00. The molecule has 19 heavy (non-hydrogen) atoms. The Hall–Kier alpha value is -1.68. The molecule has 1 heterocycles. The average Bonchev–Trinajstić information content (AvgIpc) is 2.68. The molecular formula is C15H15F2NO. The Balaban J connectivity index is 2.26. The summed E-state index contributed by atoms with van der Waals surface area (Å²) in [4.78, 5) is 0. The van der Waals surface area contributed by atoms with E-state index in [4.69, 9.17) is 0 Å². The normalized spacial score (nSPS) is 18.4. The van der Waals surface area contributed by atoms with Crippen molar-refractivity contribution in [1.82, 2.24) is 4.57 Å². The molecule has 1 aromatic heterocycles. The van der Waals surface area contributed by atoms with Crippen LogP contribution >= 0.6 is 0 Å². The Labute approximate surface area is 110 Å². The summed E-state index contributed by atoms with van der Waals surface area (Å²) in [6.45, 7) is 1.80. The number of aliphatic hydroxyl groups is 1. The highest BCUT2D eigenvalue weighted by atomic mass is 19.1. The van der Waals surface area contributed by atoms with Crippen molar-refractivity contribution in [3.63, 3.8) is 0 Å². The molecule has 100 valence electrons. The SMILES string of the molecule is Cc1cc2c(n1-c1c(F)cccc1F)CCCC2O. The van der Waals surface area contributed by atoms with Gasteiger partial charge in [-0.1, -0.05) is 6.07 Å². The molecule has 3 rings (SSSR count). The summed E-state index contributed by atoms with van der Waals surface area (Å²) in [5.74, 6) is -1.16. The van der Waals surface area contributed by atoms with E-state index in [1.165, 1.54) is 18.2 Å². The van der Waals surface area contributed by atoms with Gasteiger partial charge in [-0.2, -0.15) is 0 Å². The van der Waals surface area contributed by atoms with Gasteiger partial charge in [0.2, 0.25) is 0 Å². The third kappa shape index (κ3) is 1.87. The quantitative estimate of drug-likeness (QED) is 0.837. The van der Waals surface area contributed by atoms with Crippen molar-refractivity contribution in [2.24, 2.45) is 0 Å². The molecule has 4 heteroatoms. The first-order chi connectivity index (χ1) is 9.09. The smallest absolute Gasteiger partial charge is 0.150 e. The number of hydrogen-bond donors (Lipinski definition) is 1. The molecule has 0 saturated carbocycles. The fraction of sp³-hybridized carbons (Fsp3) is 0.333. The summed E-state index contributed by atoms with van der Waals surface area (Å²) in [6.07, 6.45) is 1.73. The molecule has 0 bridgehead atoms. The number of rotatable bonds is 1. The summed E-state index contributed by atoms with van der Waals surface area (Å²) >= 11 is 0. The number of hydrogen-bond acceptors (Lipinski definition) is 1. The molecule has 1 aliphatic rings. The maximum Gasteiger partial charge on any atom is 0.150 e. The highest BCUT2D eigenvalue weighted by Gasteiger charge is 2.25. The number of para-hydroxylation sites is 1. The van der Waals surface area contributed by atoms with Gasteiger partial charge < -0.3 is 9.67 Å². The van der Waals surface area contributed by atoms with Crippen molar-refractivity contribution < 1.29 is 13.9 Å². The first-order valence-electron chi connectivity index (χ1n) is 6.43. The standard InChI is InChI=1S/C15H15F2NO/c1-9-8-10-13(6-3-7-14(10)19)18(9)15-11(16)4-2-5-12(15)17/h2,4-5,8,14,19H,3,6-7H2,1H3. The fourth-order valence-corrected chi connectivity index (χ4v) is 2.89. The fourth-order valence-electron chi connectivity index (χ4n) is 2.89. The van der Waals surface area contributed by atoms with Crippen molar-refractivity contribution in [3.05, 3.63) is 52.9 Å². The zero-order valence-electron chi connectivity index (χ0n) is 10.7. The Morgan fingerprint density at radius 2 is 1.95 bits per heavy atom. The molecule has 1 aromatic carbocycles. The number of aliphatic hydroxyl groups excluding tert-OH is 1. The number of nitrogens with zero attached hydrogens (tertiary/aromatic N) is 1. The van der Waals surface area contributed by atoms with Gasteiger partial charge in [-0.15, -0.1) is 0 Å². The molecule has 0 spiro atoms. The number of fused-ring (bicyclic) bond motifs is 1. The van der Waals surface area contributed by atoms with Crippen molar-refractivity contribution in [3.8, 4) is 5.69 Å². The van der Waals surface area contributed by atoms with Crippen LogP contribution in [0.3, 0.4) is 0 Å². The van der Waals surface area contributed by atoms with E-state index in [9.17, 15) is 13.9 Å². The number of benzene rings is 1. The van der Waals surface area contributed by atoms with E-state index in [1.54, 1.807) is 11.5 Å². The van der Waals surface area contributed by atoms with Gasteiger partial charge in [-0.25, -0.2) is 8.78 Å². The van der Waals surface area contributed by atoms with Gasteiger partial charge >= 0.3 is 0 Å². The summed E-state index contributed by atoms with van der Waals surface area (Å²) in [5, 5.41) is 9.98. The van der Waals surface area contributed by atoms with E-state index in [0.717, 1.165) is 29.8 Å². The van der Waals surface area contributed by atoms with Crippen LogP contribution in [0, 0.1) is 18.6 Å². The third-order valence-electron chi connectivity index (χ3n) is 3.73. The lowest BCUT2D eigenvalue weighted by Gasteiger charge is -2.21. The highest BCUT2D eigenvalue weighted by Crippen LogP contribution is 2.35. The molecule has 1 unspecified atom stereocenters. The zero-order valence-corrected chi connectivity index (χ0v) is 10.7. The van der Waals surface area contributed by atoms with E-state index < -0.39 is 17.7 Å². The Morgan fingerprint density at radius 3 is 2.63 bits per heavy atom. The lowest BCUT2D eigenvalue weighted by molar-refractivity contribution is 0.156. The maximum atomic E-state index is 13.9. The van der Waals surface area contributed by atoms with E-state index in [-0.39, 0.29) is 5.69 Å². The monoisotopic (exact) mass is 263 g/mol. The molecule has 1 atom stereocenters. The van der Waals surface area contributed by atoms with Crippen LogP contribution in [0.5, 0.6) is 0 Å². The van der Waals surface area contributed by atoms with Crippen molar-refractivity contribution in [2.45, 2.75) is 32.3 Å². The minimum absolute atomic E-state index is 0.0460. The molecule has 0 saturated heterocycles. The van der Waals surface area contributed by atoms with Crippen LogP contribution in [-0.2, 0) is 6.42 Å². The van der Waals surface area contributed by atoms with Gasteiger partial charge in [-0.3, -0.25) is 0 Å². The van der Waals surface area contributed by atoms with Gasteiger partial charge in [0.1, 0.15) is 17.3 Å². The first-order valence-corrected chi connectivity index (χ1v) is 6.43. The predicted octanol–water partition coefficient (Wildman–Crippen LogP) is 3.43. The topological polar surface area (TPSA) is 25.2 Å². The lowest BCUT2D eigenvalue weighted by Crippen LogP contribution is -2.13. The van der Waals surface area contributed by atoms with Gasteiger partial charge in [0.25, 0.3) is 0 Å². The van der Waals surface area contributed by atoms with Gasteiger partial charge in [0.15, 0.2) is 0 Å². The summed E-state index contributed by atoms with van der Waals surface area (Å²) < 4.78 is 29.5. The number of halogens is 2. The molecule has 0 fully saturated rings. The van der Waals surface area contributed by atoms with Crippen LogP contribution in [0.15, 0.2) is 24.3 Å². The van der Waals surface area contributed by atoms with Crippen molar-refractivity contribution in [2.75, 3.05) is 0 Å². The molecule has 0 aliphatic heterocycles. The first kappa shape index (κ1) is 12.4. The molecule has 0 amide bonds. The minimum atomic E-state index is -0.582. The van der Waals surface area contributed by atoms with Crippen LogP contribution in [0.25, 0.3) is 5.69 Å². The molecular weight excluding hydrogens is 248 g/mol. The molecule has 2 aromatic rings. The van der Waals surface area contributed by atoms with Crippen molar-refractivity contribution >= 4 is 0 Å². The van der Waals surface area contributed by atoms with Crippen LogP contribution in [0.2, 0.25) is 0 Å². The molecule has 1 N–H and O–H groups in total. The second-order valence-electron chi connectivity index (χ2n) is 5.00. The average molecular weight is 263 g/mol. The Bertz CT molecular complexity index is 613. The van der Waals surface area contributed by atoms with E-state index in [2.05, 4.69) is 0 Å². The third-order valence-corrected chi connectivity index (χ3v) is 3.73. The Kier molecular flexibility index (Phi) is 2.90. The Morgan fingerprint density at radius 1 is 1.26 bits per heavy atom. The van der Waals surface area contributed by atoms with Gasteiger partial charge in [0.05, 0.1) is 6.10 Å². The zero-order chi connectivity index (χ0) is 13.6. The summed E-state index contributed by atoms with van der Waals surface area (Å²) in [7, 11) is 0. The molecule has 2 nitrogen and oxygen atoms in total. The second kappa shape index (κ2) is 4.46. The van der Waals surface area contributed by atoms with Gasteiger partial charge in [0, 0.05) is 17.0 Å². The van der Waals surface area contributed by atoms with E-state index in [0.29, 0.717) is 6.42 Å². The van der Waals surface area contributed by atoms with Crippen molar-refractivity contribution in [1.29, 1.82) is 0 Å². The lowest BCUT2D eigenvalue weighted by atomic mass is 9.95. The summed E-state index contributed by atoms with van der Waals surface area (Å²) in [6, 6.07) is 5.69. The van der Waals surface area contributed by atoms with E-state index >= 15 is 0 Å². The van der Waals surface area contributed by atoms with E-state index in [1.807, 2.05) is 6.07 Å². The summed E-state index contributed by atoms with van der Waals surface area (Å²) in [5.41, 5.74) is 2.32. The number of aromatic nitrogens is 1. The van der Waals surface area contributed by atoms with Crippen LogP contribution < -0.4 is 0 Å². The van der Waals surface area contributed by atoms with Crippen LogP contribution in [-0.4, -0.2) is 9.67 Å². The van der Waals surface area contributed by atoms with Crippen LogP contribution in [0.1, 0.15) is 35.9 Å². The molecule has 1 aliphatic carbocycles. The highest BCUT2D eigenvalue weighted by molar-refractivity contribution is 5.44. The van der Waals surface area contributed by atoms with Crippen LogP contribution in [0.4, 0.5) is 8.78 Å². The number of aryl methyl sites for hydroxylation is 1. The largest absolute Gasteiger partial charge is 0.388 e. The minimum Gasteiger partial charge on any atom is -0.388 e.